The van der Waals surface area contributed by atoms with Gasteiger partial charge in [0.15, 0.2) is 11.6 Å². The van der Waals surface area contributed by atoms with Crippen molar-refractivity contribution in [3.05, 3.63) is 47.1 Å². The number of ether oxygens (including phenoxy) is 1. The van der Waals surface area contributed by atoms with E-state index in [9.17, 15) is 26.9 Å². The van der Waals surface area contributed by atoms with Crippen molar-refractivity contribution in [1.29, 1.82) is 5.26 Å². The molecule has 0 spiro atoms. The summed E-state index contributed by atoms with van der Waals surface area (Å²) in [6, 6.07) is 9.58. The first kappa shape index (κ1) is 29.8. The number of alkyl halides is 4. The zero-order valence-corrected chi connectivity index (χ0v) is 23.6. The third-order valence-corrected chi connectivity index (χ3v) is 7.25. The monoisotopic (exact) mass is 616 g/mol. The first-order chi connectivity index (χ1) is 18.9. The maximum Gasteiger partial charge on any atom is 0.405 e. The average molecular weight is 617 g/mol. The van der Waals surface area contributed by atoms with Crippen LogP contribution < -0.4 is 19.3 Å². The maximum absolute atomic E-state index is 13.6. The van der Waals surface area contributed by atoms with Crippen molar-refractivity contribution in [3.8, 4) is 11.8 Å². The number of hydrogen-bond acceptors (Lipinski definition) is 8. The van der Waals surface area contributed by atoms with Crippen molar-refractivity contribution in [3.63, 3.8) is 0 Å². The molecule has 0 bridgehead atoms. The van der Waals surface area contributed by atoms with E-state index in [1.165, 1.54) is 23.2 Å². The molecule has 1 fully saturated rings. The summed E-state index contributed by atoms with van der Waals surface area (Å²) in [5, 5.41) is 9.62. The molecule has 9 nitrogen and oxygen atoms in total. The van der Waals surface area contributed by atoms with E-state index in [0.717, 1.165) is 11.9 Å². The lowest BCUT2D eigenvalue weighted by molar-refractivity contribution is -0.120. The Kier molecular flexibility index (Phi) is 9.02. The highest BCUT2D eigenvalue weighted by Gasteiger charge is 2.36. The molecule has 0 atom stereocenters. The van der Waals surface area contributed by atoms with Gasteiger partial charge in [0.2, 0.25) is 10.0 Å². The lowest BCUT2D eigenvalue weighted by Crippen LogP contribution is -2.48. The third-order valence-electron chi connectivity index (χ3n) is 6.24. The van der Waals surface area contributed by atoms with Crippen LogP contribution in [-0.2, 0) is 10.0 Å². The van der Waals surface area contributed by atoms with Gasteiger partial charge in [0.25, 0.3) is 0 Å². The molecule has 2 aromatic carbocycles. The van der Waals surface area contributed by atoms with Crippen molar-refractivity contribution in [2.75, 3.05) is 52.9 Å². The number of hydrogen-bond donors (Lipinski definition) is 1. The molecule has 1 aliphatic rings. The molecular formula is C25H25Cl2F3N6O3S. The van der Waals surface area contributed by atoms with Gasteiger partial charge in [-0.1, -0.05) is 11.6 Å². The minimum absolute atomic E-state index is 0.0318. The molecule has 4 rings (SSSR count). The highest BCUT2D eigenvalue weighted by atomic mass is 35.5. The summed E-state index contributed by atoms with van der Waals surface area (Å²) in [4.78, 5) is 11.8. The number of fused-ring (bicyclic) bond motifs is 1. The summed E-state index contributed by atoms with van der Waals surface area (Å²) in [5.74, 6) is 0.355. The van der Waals surface area contributed by atoms with E-state index in [1.54, 1.807) is 12.1 Å². The fourth-order valence-corrected chi connectivity index (χ4v) is 5.43. The van der Waals surface area contributed by atoms with E-state index < -0.39 is 28.8 Å². The molecule has 1 N–H and O–H groups in total. The average Bonchev–Trinajstić information content (AvgIpc) is 2.89. The number of sulfonamides is 1. The Morgan fingerprint density at radius 3 is 2.58 bits per heavy atom. The normalized spacial score (nSPS) is 14.7. The van der Waals surface area contributed by atoms with Gasteiger partial charge >= 0.3 is 6.18 Å². The van der Waals surface area contributed by atoms with Gasteiger partial charge in [-0.05, 0) is 43.2 Å². The van der Waals surface area contributed by atoms with Crippen LogP contribution in [0.5, 0.6) is 5.75 Å². The first-order valence-corrected chi connectivity index (χ1v) is 14.9. The number of anilines is 3. The lowest BCUT2D eigenvalue weighted by Gasteiger charge is -2.41. The number of nitriles is 1. The van der Waals surface area contributed by atoms with Crippen molar-refractivity contribution in [1.82, 2.24) is 9.97 Å². The van der Waals surface area contributed by atoms with E-state index in [1.807, 2.05) is 17.0 Å². The van der Waals surface area contributed by atoms with E-state index in [4.69, 9.17) is 27.9 Å². The number of nitrogens with one attached hydrogen (secondary N) is 1. The molecule has 15 heteroatoms. The van der Waals surface area contributed by atoms with Crippen LogP contribution in [0.15, 0.2) is 36.5 Å². The third kappa shape index (κ3) is 7.50. The van der Waals surface area contributed by atoms with Crippen LogP contribution in [0, 0.1) is 11.3 Å². The Hall–Kier alpha value is -3.21. The van der Waals surface area contributed by atoms with Crippen molar-refractivity contribution >= 4 is 61.5 Å². The second kappa shape index (κ2) is 12.1. The minimum atomic E-state index is -4.48. The van der Waals surface area contributed by atoms with Crippen LogP contribution in [0.3, 0.4) is 0 Å². The fourth-order valence-electron chi connectivity index (χ4n) is 4.61. The van der Waals surface area contributed by atoms with E-state index >= 15 is 0 Å². The van der Waals surface area contributed by atoms with Crippen molar-refractivity contribution in [2.24, 2.45) is 0 Å². The number of piperidine rings is 1. The van der Waals surface area contributed by atoms with Crippen LogP contribution in [0.1, 0.15) is 18.4 Å². The van der Waals surface area contributed by atoms with Gasteiger partial charge in [0.1, 0.15) is 19.2 Å². The molecule has 1 saturated heterocycles. The number of benzene rings is 2. The summed E-state index contributed by atoms with van der Waals surface area (Å²) in [5.41, 5.74) is 2.08. The Balaban J connectivity index is 1.53. The summed E-state index contributed by atoms with van der Waals surface area (Å²) in [7, 11) is -3.50. The predicted molar refractivity (Wildman–Crippen MR) is 149 cm³/mol. The molecule has 3 aromatic rings. The minimum Gasteiger partial charge on any atom is -0.489 e. The number of rotatable bonds is 9. The van der Waals surface area contributed by atoms with Crippen molar-refractivity contribution in [2.45, 2.75) is 25.1 Å². The molecule has 0 saturated carbocycles. The van der Waals surface area contributed by atoms with Gasteiger partial charge < -0.3 is 14.5 Å². The van der Waals surface area contributed by atoms with Crippen LogP contribution in [0.25, 0.3) is 11.0 Å². The quantitative estimate of drug-likeness (QED) is 0.327. The molecule has 40 heavy (non-hydrogen) atoms. The lowest BCUT2D eigenvalue weighted by atomic mass is 10.0. The molecule has 214 valence electrons. The van der Waals surface area contributed by atoms with E-state index in [2.05, 4.69) is 14.7 Å². The summed E-state index contributed by atoms with van der Waals surface area (Å²) in [6.45, 7) is -0.155. The molecule has 0 radical (unpaired) electrons. The Morgan fingerprint density at radius 2 is 1.95 bits per heavy atom. The Morgan fingerprint density at radius 1 is 1.23 bits per heavy atom. The van der Waals surface area contributed by atoms with Gasteiger partial charge in [-0.2, -0.15) is 18.4 Å². The molecular weight excluding hydrogens is 592 g/mol. The zero-order valence-electron chi connectivity index (χ0n) is 21.3. The van der Waals surface area contributed by atoms with Crippen LogP contribution in [0.2, 0.25) is 5.02 Å². The highest BCUT2D eigenvalue weighted by molar-refractivity contribution is 7.92. The smallest absolute Gasteiger partial charge is 0.405 e. The van der Waals surface area contributed by atoms with Gasteiger partial charge in [0.05, 0.1) is 40.0 Å². The van der Waals surface area contributed by atoms with Gasteiger partial charge in [-0.25, -0.2) is 13.4 Å². The molecule has 1 aromatic heterocycles. The van der Waals surface area contributed by atoms with Crippen LogP contribution in [-0.4, -0.2) is 69.0 Å². The predicted octanol–water partition coefficient (Wildman–Crippen LogP) is 5.18. The second-order valence-corrected chi connectivity index (χ2v) is 11.8. The largest absolute Gasteiger partial charge is 0.489 e. The SMILES string of the molecule is CS(=O)(=O)Nc1cnc2cc(N3CCC(N(CC(F)(F)F)c4cc(Cl)c(OCCCl)c(C#N)c4)CC3)ccc2n1. The topological polar surface area (TPSA) is 111 Å². The van der Waals surface area contributed by atoms with Gasteiger partial charge in [-0.15, -0.1) is 11.6 Å². The maximum atomic E-state index is 13.6. The summed E-state index contributed by atoms with van der Waals surface area (Å²) in [6.07, 6.45) is -1.31. The summed E-state index contributed by atoms with van der Waals surface area (Å²) < 4.78 is 71.6. The fraction of sp³-hybridized carbons (Fsp3) is 0.400. The van der Waals surface area contributed by atoms with E-state index in [0.29, 0.717) is 37.0 Å². The van der Waals surface area contributed by atoms with Crippen molar-refractivity contribution < 1.29 is 26.3 Å². The summed E-state index contributed by atoms with van der Waals surface area (Å²) >= 11 is 12.0. The molecule has 0 amide bonds. The molecule has 0 aliphatic carbocycles. The Bertz CT molecular complexity index is 1530. The molecule has 2 heterocycles. The highest BCUT2D eigenvalue weighted by Crippen LogP contribution is 2.37. The van der Waals surface area contributed by atoms with Crippen LogP contribution >= 0.6 is 23.2 Å². The number of aromatic nitrogens is 2. The van der Waals surface area contributed by atoms with Gasteiger partial charge in [-0.3, -0.25) is 9.71 Å². The number of halogens is 5. The van der Waals surface area contributed by atoms with E-state index in [-0.39, 0.29) is 40.3 Å². The van der Waals surface area contributed by atoms with Gasteiger partial charge in [0, 0.05) is 30.5 Å². The standard InChI is InChI=1S/C25H25Cl2F3N6O3S/c1-40(37,38)34-23-14-32-22-12-18(2-3-21(22)33-23)35-7-4-17(5-8-35)36(15-25(28,29)30)19-10-16(13-31)24(20(27)11-19)39-9-6-26/h2-3,10-12,14,17H,4-9,15H2,1H3,(H,33,34). The first-order valence-electron chi connectivity index (χ1n) is 12.1. The molecule has 1 aliphatic heterocycles. The Labute approximate surface area is 239 Å². The second-order valence-electron chi connectivity index (χ2n) is 9.22. The number of nitrogens with zero attached hydrogens (tertiary/aromatic N) is 5. The molecule has 0 unspecified atom stereocenters. The van der Waals surface area contributed by atoms with Crippen LogP contribution in [0.4, 0.5) is 30.4 Å². The zero-order chi connectivity index (χ0) is 29.1.